The minimum Gasteiger partial charge on any atom is -0.619 e. The highest BCUT2D eigenvalue weighted by Crippen LogP contribution is 2.45. The van der Waals surface area contributed by atoms with Crippen LogP contribution in [0.2, 0.25) is 0 Å². The highest BCUT2D eigenvalue weighted by Gasteiger charge is 2.73. The predicted octanol–water partition coefficient (Wildman–Crippen LogP) is -1.22. The molecule has 0 spiro atoms. The lowest BCUT2D eigenvalue weighted by atomic mass is 9.75. The van der Waals surface area contributed by atoms with Gasteiger partial charge < -0.3 is 15.5 Å². The molecular formula is C14H15N4O4+. The van der Waals surface area contributed by atoms with Crippen LogP contribution in [-0.2, 0) is 12.0 Å². The maximum atomic E-state index is 12.8. The largest absolute Gasteiger partial charge is 0.619 e. The van der Waals surface area contributed by atoms with Gasteiger partial charge >= 0.3 is 5.66 Å². The molecule has 2 aliphatic rings. The Bertz CT molecular complexity index is 787. The van der Waals surface area contributed by atoms with Gasteiger partial charge in [-0.2, -0.15) is 0 Å². The zero-order chi connectivity index (χ0) is 15.5. The normalized spacial score (nSPS) is 30.3. The van der Waals surface area contributed by atoms with Gasteiger partial charge in [-0.25, -0.2) is 0 Å². The van der Waals surface area contributed by atoms with Crippen molar-refractivity contribution in [1.29, 1.82) is 0 Å². The highest BCUT2D eigenvalue weighted by molar-refractivity contribution is 5.98. The van der Waals surface area contributed by atoms with E-state index in [-0.39, 0.29) is 30.7 Å². The lowest BCUT2D eigenvalue weighted by Gasteiger charge is -2.32. The third-order valence-electron chi connectivity index (χ3n) is 4.80. The summed E-state index contributed by atoms with van der Waals surface area (Å²) in [6.07, 6.45) is 0.582. The number of hydrogen-bond acceptors (Lipinski definition) is 5. The Morgan fingerprint density at radius 1 is 1.27 bits per heavy atom. The lowest BCUT2D eigenvalue weighted by Crippen LogP contribution is -2.84. The molecule has 0 unspecified atom stereocenters. The number of hydrogen-bond donors (Lipinski definition) is 2. The van der Waals surface area contributed by atoms with Crippen LogP contribution in [0.1, 0.15) is 29.8 Å². The molecule has 1 aromatic heterocycles. The van der Waals surface area contributed by atoms with Crippen molar-refractivity contribution in [2.45, 2.75) is 30.5 Å². The molecule has 0 fully saturated rings. The van der Waals surface area contributed by atoms with Gasteiger partial charge in [0.05, 0.1) is 12.8 Å². The molecule has 2 atom stereocenters. The summed E-state index contributed by atoms with van der Waals surface area (Å²) in [4.78, 5) is 0.294. The average Bonchev–Trinajstić information content (AvgIpc) is 3.00. The first-order valence-electron chi connectivity index (χ1n) is 7.03. The minimum absolute atomic E-state index is 0.0452. The number of aromatic nitrogens is 2. The zero-order valence-corrected chi connectivity index (χ0v) is 11.7. The van der Waals surface area contributed by atoms with Crippen LogP contribution < -0.4 is 10.6 Å². The van der Waals surface area contributed by atoms with Crippen LogP contribution in [0.4, 0.5) is 0 Å². The SMILES string of the molecule is [NH3+][C@@]12CCc3c(no[n+]3[O-])[C@]1(O)CC(c1ccccc1)=[N+]2[O-]. The number of hydroxylamine groups is 1. The van der Waals surface area contributed by atoms with Gasteiger partial charge in [0, 0.05) is 17.1 Å². The van der Waals surface area contributed by atoms with E-state index in [9.17, 15) is 15.5 Å². The fourth-order valence-electron chi connectivity index (χ4n) is 3.48. The van der Waals surface area contributed by atoms with E-state index in [2.05, 4.69) is 15.5 Å². The Morgan fingerprint density at radius 3 is 2.73 bits per heavy atom. The van der Waals surface area contributed by atoms with Gasteiger partial charge in [0.2, 0.25) is 11.4 Å². The van der Waals surface area contributed by atoms with E-state index in [0.29, 0.717) is 10.6 Å². The lowest BCUT2D eigenvalue weighted by molar-refractivity contribution is -0.810. The second-order valence-corrected chi connectivity index (χ2v) is 5.90. The summed E-state index contributed by atoms with van der Waals surface area (Å²) < 4.78 is 5.38. The maximum absolute atomic E-state index is 12.8. The number of aliphatic hydroxyl groups is 1. The van der Waals surface area contributed by atoms with Gasteiger partial charge in [0.15, 0.2) is 0 Å². The zero-order valence-electron chi connectivity index (χ0n) is 11.7. The van der Waals surface area contributed by atoms with Gasteiger partial charge in [-0.1, -0.05) is 18.2 Å². The van der Waals surface area contributed by atoms with Gasteiger partial charge in [0.25, 0.3) is 11.3 Å². The quantitative estimate of drug-likeness (QED) is 0.504. The fraction of sp³-hybridized carbons (Fsp3) is 0.357. The van der Waals surface area contributed by atoms with E-state index in [4.69, 9.17) is 0 Å². The number of rotatable bonds is 1. The van der Waals surface area contributed by atoms with E-state index in [0.717, 1.165) is 10.3 Å². The molecule has 1 aromatic carbocycles. The molecule has 0 saturated carbocycles. The molecule has 0 radical (unpaired) electrons. The van der Waals surface area contributed by atoms with Gasteiger partial charge in [0.1, 0.15) is 0 Å². The molecule has 4 N–H and O–H groups in total. The van der Waals surface area contributed by atoms with E-state index < -0.39 is 11.3 Å². The van der Waals surface area contributed by atoms with Crippen molar-refractivity contribution in [2.24, 2.45) is 0 Å². The van der Waals surface area contributed by atoms with E-state index in [1.807, 2.05) is 30.3 Å². The first kappa shape index (κ1) is 13.2. The minimum atomic E-state index is -1.63. The van der Waals surface area contributed by atoms with Crippen molar-refractivity contribution in [3.8, 4) is 0 Å². The highest BCUT2D eigenvalue weighted by atomic mass is 16.8. The summed E-state index contributed by atoms with van der Waals surface area (Å²) in [5.41, 5.74) is 2.59. The number of quaternary nitrogens is 1. The Balaban J connectivity index is 1.89. The predicted molar refractivity (Wildman–Crippen MR) is 72.1 cm³/mol. The molecular weight excluding hydrogens is 288 g/mol. The smallest absolute Gasteiger partial charge is 0.332 e. The topological polar surface area (TPSA) is 127 Å². The van der Waals surface area contributed by atoms with Crippen molar-refractivity contribution < 1.29 is 25.1 Å². The fourth-order valence-corrected chi connectivity index (χ4v) is 3.48. The summed E-state index contributed by atoms with van der Waals surface area (Å²) in [6, 6.07) is 9.12. The van der Waals surface area contributed by atoms with E-state index >= 15 is 0 Å². The third kappa shape index (κ3) is 1.40. The second-order valence-electron chi connectivity index (χ2n) is 5.90. The number of nitrogens with zero attached hydrogens (tertiary/aromatic N) is 3. The third-order valence-corrected chi connectivity index (χ3v) is 4.80. The van der Waals surface area contributed by atoms with Crippen molar-refractivity contribution in [3.63, 3.8) is 0 Å². The molecule has 114 valence electrons. The van der Waals surface area contributed by atoms with Crippen LogP contribution in [0.25, 0.3) is 0 Å². The van der Waals surface area contributed by atoms with Crippen LogP contribution in [0.3, 0.4) is 0 Å². The van der Waals surface area contributed by atoms with Gasteiger partial charge in [-0.15, -0.1) is 4.74 Å². The molecule has 2 aromatic rings. The first-order chi connectivity index (χ1) is 10.5. The molecule has 8 nitrogen and oxygen atoms in total. The summed E-state index contributed by atoms with van der Waals surface area (Å²) in [6.45, 7) is 0. The number of benzene rings is 1. The van der Waals surface area contributed by atoms with Crippen molar-refractivity contribution in [1.82, 2.24) is 5.16 Å². The second kappa shape index (κ2) is 4.05. The van der Waals surface area contributed by atoms with Crippen LogP contribution in [0.5, 0.6) is 0 Å². The Kier molecular flexibility index (Phi) is 2.44. The van der Waals surface area contributed by atoms with Gasteiger partial charge in [-0.05, 0) is 17.0 Å². The molecule has 1 aliphatic carbocycles. The molecule has 8 heteroatoms. The van der Waals surface area contributed by atoms with E-state index in [1.54, 1.807) is 0 Å². The first-order valence-corrected chi connectivity index (χ1v) is 7.03. The van der Waals surface area contributed by atoms with Crippen LogP contribution in [0, 0.1) is 10.4 Å². The molecule has 0 bridgehead atoms. The average molecular weight is 303 g/mol. The Morgan fingerprint density at radius 2 is 2.00 bits per heavy atom. The van der Waals surface area contributed by atoms with Crippen LogP contribution >= 0.6 is 0 Å². The summed E-state index contributed by atoms with van der Waals surface area (Å²) in [5, 5.41) is 39.2. The monoisotopic (exact) mass is 303 g/mol. The van der Waals surface area contributed by atoms with Crippen molar-refractivity contribution in [3.05, 3.63) is 57.7 Å². The Hall–Kier alpha value is -2.45. The maximum Gasteiger partial charge on any atom is 0.332 e. The standard InChI is InChI=1S/C14H14N4O4/c15-14-7-6-10-12(16-22-18(10)21)13(14,19)8-11(17(14)20)9-4-2-1-3-5-9/h1-5,19H,6-8,15H2/p+1/t13-,14-/m1/s1. The Labute approximate surface area is 125 Å². The summed E-state index contributed by atoms with van der Waals surface area (Å²) >= 11 is 0. The van der Waals surface area contributed by atoms with Crippen LogP contribution in [0.15, 0.2) is 35.0 Å². The van der Waals surface area contributed by atoms with Crippen molar-refractivity contribution in [2.75, 3.05) is 0 Å². The number of fused-ring (bicyclic) bond motifs is 3. The molecule has 0 amide bonds. The summed E-state index contributed by atoms with van der Waals surface area (Å²) in [5.74, 6) is 0. The molecule has 1 aliphatic heterocycles. The molecule has 4 rings (SSSR count). The molecule has 0 saturated heterocycles. The van der Waals surface area contributed by atoms with Crippen molar-refractivity contribution >= 4 is 5.71 Å². The van der Waals surface area contributed by atoms with E-state index in [1.165, 1.54) is 0 Å². The molecule has 22 heavy (non-hydrogen) atoms. The van der Waals surface area contributed by atoms with Gasteiger partial charge in [-0.3, -0.25) is 10.4 Å². The van der Waals surface area contributed by atoms with Crippen LogP contribution in [-0.4, -0.2) is 26.4 Å². The summed E-state index contributed by atoms with van der Waals surface area (Å²) in [7, 11) is 0. The molecule has 2 heterocycles.